The van der Waals surface area contributed by atoms with E-state index in [-0.39, 0.29) is 18.4 Å². The van der Waals surface area contributed by atoms with Gasteiger partial charge in [-0.3, -0.25) is 20.0 Å². The molecule has 2 aliphatic heterocycles. The smallest absolute Gasteiger partial charge is 0.351 e. The lowest BCUT2D eigenvalue weighted by Crippen LogP contribution is -2.34. The van der Waals surface area contributed by atoms with Crippen molar-refractivity contribution in [2.45, 2.75) is 76.8 Å². The number of fused-ring (bicyclic) bond motifs is 1. The second-order valence-electron chi connectivity index (χ2n) is 7.38. The highest BCUT2D eigenvalue weighted by Crippen LogP contribution is 2.42. The molecule has 2 saturated heterocycles. The van der Waals surface area contributed by atoms with Crippen LogP contribution in [0.1, 0.15) is 52.7 Å². The second kappa shape index (κ2) is 8.56. The van der Waals surface area contributed by atoms with Crippen molar-refractivity contribution in [2.24, 2.45) is 0 Å². The van der Waals surface area contributed by atoms with E-state index in [4.69, 9.17) is 24.2 Å². The van der Waals surface area contributed by atoms with E-state index in [2.05, 4.69) is 11.9 Å². The van der Waals surface area contributed by atoms with Gasteiger partial charge in [0, 0.05) is 12.6 Å². The zero-order valence-corrected chi connectivity index (χ0v) is 16.3. The lowest BCUT2D eigenvalue weighted by Gasteiger charge is -2.24. The zero-order chi connectivity index (χ0) is 20.3. The zero-order valence-electron chi connectivity index (χ0n) is 16.3. The first-order chi connectivity index (χ1) is 13.3. The Morgan fingerprint density at radius 3 is 2.79 bits per heavy atom. The number of anilines is 1. The van der Waals surface area contributed by atoms with Gasteiger partial charge in [0.05, 0.1) is 0 Å². The second-order valence-corrected chi connectivity index (χ2v) is 7.38. The number of nitrogens with zero attached hydrogens (tertiary/aromatic N) is 2. The number of nitrogens with one attached hydrogen (secondary N) is 1. The van der Waals surface area contributed by atoms with Crippen LogP contribution in [0, 0.1) is 0 Å². The molecule has 0 aliphatic carbocycles. The van der Waals surface area contributed by atoms with Crippen LogP contribution in [0.4, 0.5) is 5.82 Å². The summed E-state index contributed by atoms with van der Waals surface area (Å²) in [4.78, 5) is 27.9. The Hall–Kier alpha value is -2.01. The number of aromatic nitrogens is 2. The topological polar surface area (TPSA) is 121 Å². The van der Waals surface area contributed by atoms with Gasteiger partial charge < -0.3 is 18.9 Å². The van der Waals surface area contributed by atoms with Crippen molar-refractivity contribution in [3.05, 3.63) is 22.7 Å². The summed E-state index contributed by atoms with van der Waals surface area (Å²) in [6.45, 7) is 5.63. The standard InChI is InChI=1S/C18H27N3O7/c1-4-5-6-7-13(22)25-10-11-14-15(28-18(2,3)27-14)16(26-11)21-9-8-12(20-24)19-17(21)23/h8-9,11,14-16,24H,4-7,10H2,1-3H3,(H,19,20,23)/t11-,14-,15-,16-/m1/s1. The Morgan fingerprint density at radius 2 is 2.11 bits per heavy atom. The van der Waals surface area contributed by atoms with Gasteiger partial charge in [0.1, 0.15) is 24.9 Å². The maximum absolute atomic E-state index is 12.3. The Morgan fingerprint density at radius 1 is 1.36 bits per heavy atom. The van der Waals surface area contributed by atoms with Gasteiger partial charge in [-0.05, 0) is 26.3 Å². The van der Waals surface area contributed by atoms with Crippen molar-refractivity contribution < 1.29 is 28.9 Å². The Kier molecular flexibility index (Phi) is 6.33. The minimum absolute atomic E-state index is 0.0144. The minimum Gasteiger partial charge on any atom is -0.463 e. The van der Waals surface area contributed by atoms with Crippen LogP contribution in [0.3, 0.4) is 0 Å². The largest absolute Gasteiger partial charge is 0.463 e. The quantitative estimate of drug-likeness (QED) is 0.382. The number of rotatable bonds is 8. The van der Waals surface area contributed by atoms with Gasteiger partial charge in [-0.15, -0.1) is 0 Å². The van der Waals surface area contributed by atoms with Gasteiger partial charge in [-0.2, -0.15) is 4.98 Å². The molecule has 0 unspecified atom stereocenters. The number of carbonyl (C=O) groups is 1. The maximum atomic E-state index is 12.3. The van der Waals surface area contributed by atoms with Crippen LogP contribution in [-0.4, -0.2) is 51.4 Å². The number of hydrogen-bond acceptors (Lipinski definition) is 9. The van der Waals surface area contributed by atoms with E-state index < -0.39 is 36.0 Å². The highest BCUT2D eigenvalue weighted by atomic mass is 16.8. The van der Waals surface area contributed by atoms with Crippen LogP contribution >= 0.6 is 0 Å². The molecule has 28 heavy (non-hydrogen) atoms. The predicted molar refractivity (Wildman–Crippen MR) is 96.7 cm³/mol. The third-order valence-electron chi connectivity index (χ3n) is 4.74. The molecule has 4 atom stereocenters. The van der Waals surface area contributed by atoms with E-state index in [1.807, 2.05) is 5.48 Å². The molecule has 3 rings (SSSR count). The summed E-state index contributed by atoms with van der Waals surface area (Å²) in [5.74, 6) is -1.12. The van der Waals surface area contributed by atoms with Crippen molar-refractivity contribution >= 4 is 11.8 Å². The van der Waals surface area contributed by atoms with E-state index in [0.29, 0.717) is 6.42 Å². The summed E-state index contributed by atoms with van der Waals surface area (Å²) in [6.07, 6.45) is 2.17. The number of ether oxygens (including phenoxy) is 4. The molecule has 2 N–H and O–H groups in total. The molecule has 0 aromatic carbocycles. The monoisotopic (exact) mass is 397 g/mol. The van der Waals surface area contributed by atoms with Gasteiger partial charge in [-0.25, -0.2) is 4.79 Å². The van der Waals surface area contributed by atoms with E-state index in [0.717, 1.165) is 19.3 Å². The third-order valence-corrected chi connectivity index (χ3v) is 4.74. The van der Waals surface area contributed by atoms with Crippen LogP contribution in [0.2, 0.25) is 0 Å². The molecule has 2 fully saturated rings. The van der Waals surface area contributed by atoms with Gasteiger partial charge in [0.15, 0.2) is 17.8 Å². The summed E-state index contributed by atoms with van der Waals surface area (Å²) in [5.41, 5.74) is 1.21. The Labute approximate surface area is 162 Å². The summed E-state index contributed by atoms with van der Waals surface area (Å²) < 4.78 is 24.4. The van der Waals surface area contributed by atoms with Crippen LogP contribution in [0.5, 0.6) is 0 Å². The van der Waals surface area contributed by atoms with Crippen LogP contribution in [0.25, 0.3) is 0 Å². The molecule has 3 heterocycles. The van der Waals surface area contributed by atoms with E-state index in [1.54, 1.807) is 13.8 Å². The fraction of sp³-hybridized carbons (Fsp3) is 0.722. The van der Waals surface area contributed by atoms with Gasteiger partial charge >= 0.3 is 11.7 Å². The number of unbranched alkanes of at least 4 members (excludes halogenated alkanes) is 2. The predicted octanol–water partition coefficient (Wildman–Crippen LogP) is 1.59. The van der Waals surface area contributed by atoms with Crippen molar-refractivity contribution in [1.29, 1.82) is 0 Å². The minimum atomic E-state index is -0.857. The summed E-state index contributed by atoms with van der Waals surface area (Å²) in [5, 5.41) is 8.89. The normalized spacial score (nSPS) is 28.1. The van der Waals surface area contributed by atoms with Crippen molar-refractivity contribution in [3.63, 3.8) is 0 Å². The molecule has 0 amide bonds. The van der Waals surface area contributed by atoms with E-state index >= 15 is 0 Å². The number of esters is 1. The summed E-state index contributed by atoms with van der Waals surface area (Å²) in [7, 11) is 0. The first-order valence-electron chi connectivity index (χ1n) is 9.50. The fourth-order valence-electron chi connectivity index (χ4n) is 3.45. The van der Waals surface area contributed by atoms with Crippen molar-refractivity contribution in [3.8, 4) is 0 Å². The molecule has 156 valence electrons. The van der Waals surface area contributed by atoms with E-state index in [9.17, 15) is 9.59 Å². The van der Waals surface area contributed by atoms with Crippen LogP contribution in [-0.2, 0) is 23.7 Å². The molecule has 1 aromatic rings. The first kappa shape index (κ1) is 20.7. The molecule has 0 radical (unpaired) electrons. The molecule has 0 saturated carbocycles. The molecule has 0 spiro atoms. The first-order valence-corrected chi connectivity index (χ1v) is 9.50. The number of hydrogen-bond donors (Lipinski definition) is 2. The molecule has 2 aliphatic rings. The molecule has 10 nitrogen and oxygen atoms in total. The van der Waals surface area contributed by atoms with Crippen molar-refractivity contribution in [1.82, 2.24) is 9.55 Å². The average molecular weight is 397 g/mol. The van der Waals surface area contributed by atoms with Gasteiger partial charge in [-0.1, -0.05) is 19.8 Å². The Bertz CT molecular complexity index is 751. The highest BCUT2D eigenvalue weighted by molar-refractivity contribution is 5.69. The molecular weight excluding hydrogens is 370 g/mol. The SMILES string of the molecule is CCCCCC(=O)OC[C@H]1O[C@@H](n2ccc(NO)nc2=O)[C@@H]2OC(C)(C)O[C@@H]21. The Balaban J connectivity index is 1.71. The summed E-state index contributed by atoms with van der Waals surface area (Å²) in [6, 6.07) is 1.43. The van der Waals surface area contributed by atoms with E-state index in [1.165, 1.54) is 16.8 Å². The fourth-order valence-corrected chi connectivity index (χ4v) is 3.45. The average Bonchev–Trinajstić information content (AvgIpc) is 3.13. The molecule has 0 bridgehead atoms. The number of carbonyl (C=O) groups excluding carboxylic acids is 1. The molecule has 1 aromatic heterocycles. The van der Waals surface area contributed by atoms with Gasteiger partial charge in [0.25, 0.3) is 0 Å². The molecule has 10 heteroatoms. The van der Waals surface area contributed by atoms with Crippen LogP contribution < -0.4 is 11.2 Å². The lowest BCUT2D eigenvalue weighted by molar-refractivity contribution is -0.203. The van der Waals surface area contributed by atoms with Crippen molar-refractivity contribution in [2.75, 3.05) is 12.1 Å². The third kappa shape index (κ3) is 4.52. The summed E-state index contributed by atoms with van der Waals surface area (Å²) >= 11 is 0. The lowest BCUT2D eigenvalue weighted by atomic mass is 10.1. The van der Waals surface area contributed by atoms with Gasteiger partial charge in [0.2, 0.25) is 0 Å². The maximum Gasteiger partial charge on any atom is 0.351 e. The highest BCUT2D eigenvalue weighted by Gasteiger charge is 2.56. The molecular formula is C18H27N3O7. The van der Waals surface area contributed by atoms with Crippen LogP contribution in [0.15, 0.2) is 17.1 Å².